The topological polar surface area (TPSA) is 68.3 Å². The van der Waals surface area contributed by atoms with Crippen LogP contribution in [0.25, 0.3) is 22.2 Å². The zero-order chi connectivity index (χ0) is 18.6. The Morgan fingerprint density at radius 1 is 0.852 bits per heavy atom. The zero-order valence-corrected chi connectivity index (χ0v) is 15.1. The molecule has 3 aromatic rings. The first-order valence-corrected chi connectivity index (χ1v) is 8.36. The molecule has 0 N–H and O–H groups in total. The minimum Gasteiger partial charge on any atom is -0.467 e. The van der Waals surface area contributed by atoms with Crippen LogP contribution < -0.4 is 18.9 Å². The number of fused-ring (bicyclic) bond motifs is 2. The van der Waals surface area contributed by atoms with Gasteiger partial charge < -0.3 is 28.4 Å². The van der Waals surface area contributed by atoms with Gasteiger partial charge in [0.05, 0.1) is 11.2 Å². The van der Waals surface area contributed by atoms with Crippen molar-refractivity contribution in [3.8, 4) is 34.3 Å². The van der Waals surface area contributed by atoms with Crippen molar-refractivity contribution in [3.05, 3.63) is 42.5 Å². The minimum absolute atomic E-state index is 0.141. The quantitative estimate of drug-likeness (QED) is 0.590. The smallest absolute Gasteiger partial charge is 0.231 e. The molecule has 0 aliphatic carbocycles. The highest BCUT2D eigenvalue weighted by Gasteiger charge is 2.15. The van der Waals surface area contributed by atoms with Gasteiger partial charge in [0.15, 0.2) is 25.1 Å². The van der Waals surface area contributed by atoms with Crippen LogP contribution in [0.2, 0.25) is 0 Å². The summed E-state index contributed by atoms with van der Waals surface area (Å²) in [4.78, 5) is 4.76. The third-order valence-electron chi connectivity index (χ3n) is 4.05. The predicted octanol–water partition coefficient (Wildman–Crippen LogP) is 3.60. The van der Waals surface area contributed by atoms with E-state index >= 15 is 0 Å². The highest BCUT2D eigenvalue weighted by atomic mass is 16.7. The number of benzene rings is 2. The van der Waals surface area contributed by atoms with Gasteiger partial charge in [0.2, 0.25) is 6.79 Å². The van der Waals surface area contributed by atoms with Gasteiger partial charge in [-0.1, -0.05) is 6.07 Å². The first-order valence-electron chi connectivity index (χ1n) is 8.36. The van der Waals surface area contributed by atoms with Gasteiger partial charge in [-0.25, -0.2) is 4.98 Å². The largest absolute Gasteiger partial charge is 0.467 e. The summed E-state index contributed by atoms with van der Waals surface area (Å²) in [5.74, 6) is 2.68. The van der Waals surface area contributed by atoms with Gasteiger partial charge in [0.25, 0.3) is 0 Å². The number of aromatic nitrogens is 1. The SMILES string of the molecule is COCOc1cc(OCOC)cc(-c2ccc3cc4c(cc3n2)OCO4)c1. The number of pyridine rings is 1. The van der Waals surface area contributed by atoms with Crippen molar-refractivity contribution in [2.75, 3.05) is 34.6 Å². The third-order valence-corrected chi connectivity index (χ3v) is 4.05. The number of hydrogen-bond donors (Lipinski definition) is 0. The molecule has 4 rings (SSSR count). The Hall–Kier alpha value is -3.03. The molecule has 2 heterocycles. The minimum atomic E-state index is 0.141. The molecular weight excluding hydrogens is 350 g/mol. The highest BCUT2D eigenvalue weighted by molar-refractivity contribution is 5.85. The molecule has 7 heteroatoms. The Morgan fingerprint density at radius 3 is 2.19 bits per heavy atom. The van der Waals surface area contributed by atoms with Crippen molar-refractivity contribution in [1.82, 2.24) is 4.98 Å². The van der Waals surface area contributed by atoms with E-state index in [2.05, 4.69) is 0 Å². The molecule has 0 unspecified atom stereocenters. The van der Waals surface area contributed by atoms with Crippen molar-refractivity contribution in [1.29, 1.82) is 0 Å². The van der Waals surface area contributed by atoms with E-state index in [9.17, 15) is 0 Å². The molecule has 1 aliphatic rings. The van der Waals surface area contributed by atoms with Crippen LogP contribution in [-0.4, -0.2) is 39.6 Å². The number of nitrogens with zero attached hydrogens (tertiary/aromatic N) is 1. The van der Waals surface area contributed by atoms with E-state index in [0.717, 1.165) is 27.9 Å². The summed E-state index contributed by atoms with van der Waals surface area (Å²) in [5, 5.41) is 0.977. The van der Waals surface area contributed by atoms with Crippen LogP contribution in [0.4, 0.5) is 0 Å². The van der Waals surface area contributed by atoms with Crippen molar-refractivity contribution in [2.45, 2.75) is 0 Å². The molecule has 1 aromatic heterocycles. The van der Waals surface area contributed by atoms with E-state index in [-0.39, 0.29) is 20.4 Å². The second-order valence-corrected chi connectivity index (χ2v) is 5.89. The summed E-state index contributed by atoms with van der Waals surface area (Å²) < 4.78 is 32.0. The molecule has 0 amide bonds. The van der Waals surface area contributed by atoms with Crippen LogP contribution in [0.3, 0.4) is 0 Å². The lowest BCUT2D eigenvalue weighted by Gasteiger charge is -2.12. The zero-order valence-electron chi connectivity index (χ0n) is 15.1. The summed E-state index contributed by atoms with van der Waals surface area (Å²) >= 11 is 0. The third kappa shape index (κ3) is 3.74. The number of methoxy groups -OCH3 is 2. The van der Waals surface area contributed by atoms with E-state index in [0.29, 0.717) is 17.2 Å². The molecule has 0 saturated heterocycles. The van der Waals surface area contributed by atoms with Crippen LogP contribution in [0.15, 0.2) is 42.5 Å². The number of ether oxygens (including phenoxy) is 6. The fourth-order valence-electron chi connectivity index (χ4n) is 2.81. The lowest BCUT2D eigenvalue weighted by atomic mass is 10.1. The Bertz CT molecular complexity index is 932. The molecule has 0 radical (unpaired) electrons. The number of rotatable bonds is 7. The second-order valence-electron chi connectivity index (χ2n) is 5.89. The van der Waals surface area contributed by atoms with E-state index in [1.165, 1.54) is 0 Å². The maximum Gasteiger partial charge on any atom is 0.231 e. The lowest BCUT2D eigenvalue weighted by molar-refractivity contribution is 0.0461. The van der Waals surface area contributed by atoms with Crippen molar-refractivity contribution >= 4 is 10.9 Å². The lowest BCUT2D eigenvalue weighted by Crippen LogP contribution is -2.02. The second kappa shape index (κ2) is 7.69. The normalized spacial score (nSPS) is 12.4. The molecule has 7 nitrogen and oxygen atoms in total. The van der Waals surface area contributed by atoms with Gasteiger partial charge in [-0.05, 0) is 24.3 Å². The van der Waals surface area contributed by atoms with Gasteiger partial charge >= 0.3 is 0 Å². The van der Waals surface area contributed by atoms with E-state index in [1.54, 1.807) is 20.3 Å². The van der Waals surface area contributed by atoms with Crippen LogP contribution >= 0.6 is 0 Å². The van der Waals surface area contributed by atoms with E-state index in [4.69, 9.17) is 33.4 Å². The Kier molecular flexibility index (Phi) is 4.95. The summed E-state index contributed by atoms with van der Waals surface area (Å²) in [6, 6.07) is 13.3. The fourth-order valence-corrected chi connectivity index (χ4v) is 2.81. The molecule has 0 bridgehead atoms. The number of hydrogen-bond acceptors (Lipinski definition) is 7. The summed E-state index contributed by atoms with van der Waals surface area (Å²) in [7, 11) is 3.14. The maximum absolute atomic E-state index is 5.58. The van der Waals surface area contributed by atoms with Gasteiger partial charge in [-0.15, -0.1) is 0 Å². The van der Waals surface area contributed by atoms with Crippen LogP contribution in [0, 0.1) is 0 Å². The Labute approximate surface area is 156 Å². The maximum atomic E-state index is 5.58. The van der Waals surface area contributed by atoms with Crippen LogP contribution in [0.1, 0.15) is 0 Å². The van der Waals surface area contributed by atoms with Gasteiger partial charge in [0, 0.05) is 37.3 Å². The molecule has 0 atom stereocenters. The van der Waals surface area contributed by atoms with Crippen LogP contribution in [-0.2, 0) is 9.47 Å². The standard InChI is InChI=1S/C20H19NO6/c1-22-10-24-15-5-14(6-16(8-15)25-11-23-2)17-4-3-13-7-19-20(27-12-26-19)9-18(13)21-17/h3-9H,10-12H2,1-2H3. The average Bonchev–Trinajstić information content (AvgIpc) is 3.15. The summed E-state index contributed by atoms with van der Waals surface area (Å²) in [5.41, 5.74) is 2.46. The first-order chi connectivity index (χ1) is 13.3. The van der Waals surface area contributed by atoms with E-state index in [1.807, 2.05) is 36.4 Å². The predicted molar refractivity (Wildman–Crippen MR) is 98.3 cm³/mol. The summed E-state index contributed by atoms with van der Waals surface area (Å²) in [6.07, 6.45) is 0. The molecule has 0 spiro atoms. The first kappa shape index (κ1) is 17.4. The fraction of sp³-hybridized carbons (Fsp3) is 0.250. The van der Waals surface area contributed by atoms with Gasteiger partial charge in [-0.2, -0.15) is 0 Å². The van der Waals surface area contributed by atoms with E-state index < -0.39 is 0 Å². The van der Waals surface area contributed by atoms with Crippen molar-refractivity contribution in [2.24, 2.45) is 0 Å². The van der Waals surface area contributed by atoms with Gasteiger partial charge in [0.1, 0.15) is 11.5 Å². The Morgan fingerprint density at radius 2 is 1.52 bits per heavy atom. The van der Waals surface area contributed by atoms with Gasteiger partial charge in [-0.3, -0.25) is 0 Å². The Balaban J connectivity index is 1.73. The summed E-state index contributed by atoms with van der Waals surface area (Å²) in [6.45, 7) is 0.515. The van der Waals surface area contributed by atoms with Crippen molar-refractivity contribution in [3.63, 3.8) is 0 Å². The molecule has 0 fully saturated rings. The molecule has 2 aromatic carbocycles. The monoisotopic (exact) mass is 369 g/mol. The molecule has 140 valence electrons. The molecule has 27 heavy (non-hydrogen) atoms. The highest BCUT2D eigenvalue weighted by Crippen LogP contribution is 2.37. The molecule has 0 saturated carbocycles. The molecule has 1 aliphatic heterocycles. The molecular formula is C20H19NO6. The average molecular weight is 369 g/mol. The van der Waals surface area contributed by atoms with Crippen molar-refractivity contribution < 1.29 is 28.4 Å². The van der Waals surface area contributed by atoms with Crippen LogP contribution in [0.5, 0.6) is 23.0 Å².